The number of ether oxygens (including phenoxy) is 1. The van der Waals surface area contributed by atoms with Gasteiger partial charge in [0, 0.05) is 0 Å². The average Bonchev–Trinajstić information content (AvgIpc) is 2.06. The fourth-order valence-corrected chi connectivity index (χ4v) is 1.23. The lowest BCUT2D eigenvalue weighted by molar-refractivity contribution is -0.274. The highest BCUT2D eigenvalue weighted by Gasteiger charge is 2.31. The quantitative estimate of drug-likeness (QED) is 0.716. The van der Waals surface area contributed by atoms with Gasteiger partial charge in [-0.15, -0.1) is 13.2 Å². The monoisotopic (exact) mass is 204 g/mol. The van der Waals surface area contributed by atoms with Gasteiger partial charge in [0.2, 0.25) is 0 Å². The molecular weight excluding hydrogens is 193 g/mol. The van der Waals surface area contributed by atoms with E-state index in [0.29, 0.717) is 6.42 Å². The summed E-state index contributed by atoms with van der Waals surface area (Å²) in [5.41, 5.74) is 1.84. The van der Waals surface area contributed by atoms with Crippen LogP contribution in [0, 0.1) is 6.92 Å². The summed E-state index contributed by atoms with van der Waals surface area (Å²) >= 11 is 0. The zero-order valence-electron chi connectivity index (χ0n) is 7.98. The smallest absolute Gasteiger partial charge is 0.406 e. The van der Waals surface area contributed by atoms with Crippen molar-refractivity contribution in [2.24, 2.45) is 0 Å². The Balaban J connectivity index is 2.90. The van der Waals surface area contributed by atoms with E-state index in [1.54, 1.807) is 6.07 Å². The van der Waals surface area contributed by atoms with Crippen molar-refractivity contribution in [3.63, 3.8) is 0 Å². The first-order valence-corrected chi connectivity index (χ1v) is 4.27. The number of benzene rings is 1. The number of hydrogen-bond acceptors (Lipinski definition) is 1. The second-order valence-corrected chi connectivity index (χ2v) is 2.99. The molecule has 0 N–H and O–H groups in total. The van der Waals surface area contributed by atoms with Gasteiger partial charge in [0.1, 0.15) is 5.75 Å². The fraction of sp³-hybridized carbons (Fsp3) is 0.400. The van der Waals surface area contributed by atoms with E-state index in [-0.39, 0.29) is 5.75 Å². The van der Waals surface area contributed by atoms with Crippen molar-refractivity contribution in [1.29, 1.82) is 0 Å². The van der Waals surface area contributed by atoms with Crippen LogP contribution in [0.15, 0.2) is 18.2 Å². The van der Waals surface area contributed by atoms with Gasteiger partial charge in [-0.05, 0) is 36.6 Å². The zero-order chi connectivity index (χ0) is 10.8. The summed E-state index contributed by atoms with van der Waals surface area (Å²) in [6.45, 7) is 3.75. The molecule has 1 aromatic carbocycles. The summed E-state index contributed by atoms with van der Waals surface area (Å²) in [6, 6.07) is 4.37. The number of halogens is 3. The lowest BCUT2D eigenvalue weighted by Crippen LogP contribution is -2.17. The normalized spacial score (nSPS) is 11.5. The molecule has 14 heavy (non-hydrogen) atoms. The molecule has 1 rings (SSSR count). The number of alkyl halides is 3. The predicted octanol–water partition coefficient (Wildman–Crippen LogP) is 3.46. The van der Waals surface area contributed by atoms with Gasteiger partial charge in [0.15, 0.2) is 0 Å². The Morgan fingerprint density at radius 1 is 1.29 bits per heavy atom. The lowest BCUT2D eigenvalue weighted by atomic mass is 10.1. The highest BCUT2D eigenvalue weighted by atomic mass is 19.4. The van der Waals surface area contributed by atoms with Crippen LogP contribution in [0.5, 0.6) is 5.75 Å². The molecule has 0 aliphatic rings. The lowest BCUT2D eigenvalue weighted by Gasteiger charge is -2.10. The first-order chi connectivity index (χ1) is 6.42. The molecule has 0 heterocycles. The van der Waals surface area contributed by atoms with Crippen LogP contribution < -0.4 is 4.74 Å². The van der Waals surface area contributed by atoms with E-state index in [1.165, 1.54) is 12.1 Å². The Morgan fingerprint density at radius 3 is 2.43 bits per heavy atom. The minimum absolute atomic E-state index is 0.153. The van der Waals surface area contributed by atoms with E-state index in [0.717, 1.165) is 11.1 Å². The molecule has 0 radical (unpaired) electrons. The molecule has 1 nitrogen and oxygen atoms in total. The van der Waals surface area contributed by atoms with E-state index in [9.17, 15) is 13.2 Å². The molecular formula is C10H11F3O. The van der Waals surface area contributed by atoms with Crippen LogP contribution in [-0.2, 0) is 6.42 Å². The van der Waals surface area contributed by atoms with Crippen LogP contribution in [0.1, 0.15) is 18.1 Å². The highest BCUT2D eigenvalue weighted by molar-refractivity contribution is 5.34. The van der Waals surface area contributed by atoms with E-state index in [4.69, 9.17) is 0 Å². The molecule has 4 heteroatoms. The Labute approximate surface area is 80.5 Å². The molecule has 1 aromatic rings. The van der Waals surface area contributed by atoms with Crippen molar-refractivity contribution in [2.45, 2.75) is 26.6 Å². The molecule has 0 saturated heterocycles. The molecule has 0 aliphatic carbocycles. The van der Waals surface area contributed by atoms with Crippen LogP contribution >= 0.6 is 0 Å². The SMILES string of the molecule is CCc1cc(OC(F)(F)F)ccc1C. The van der Waals surface area contributed by atoms with Crippen molar-refractivity contribution in [2.75, 3.05) is 0 Å². The van der Waals surface area contributed by atoms with Crippen molar-refractivity contribution in [3.05, 3.63) is 29.3 Å². The van der Waals surface area contributed by atoms with Crippen LogP contribution in [0.3, 0.4) is 0 Å². The third kappa shape index (κ3) is 2.94. The molecule has 0 fully saturated rings. The summed E-state index contributed by atoms with van der Waals surface area (Å²) in [4.78, 5) is 0. The van der Waals surface area contributed by atoms with Crippen LogP contribution in [0.4, 0.5) is 13.2 Å². The first-order valence-electron chi connectivity index (χ1n) is 4.27. The van der Waals surface area contributed by atoms with Gasteiger partial charge in [-0.3, -0.25) is 0 Å². The summed E-state index contributed by atoms with van der Waals surface area (Å²) < 4.78 is 39.4. The van der Waals surface area contributed by atoms with Crippen LogP contribution in [-0.4, -0.2) is 6.36 Å². The summed E-state index contributed by atoms with van der Waals surface area (Å²) in [5.74, 6) is -0.153. The van der Waals surface area contributed by atoms with Gasteiger partial charge in [0.25, 0.3) is 0 Å². The van der Waals surface area contributed by atoms with E-state index < -0.39 is 6.36 Å². The van der Waals surface area contributed by atoms with Gasteiger partial charge in [0.05, 0.1) is 0 Å². The largest absolute Gasteiger partial charge is 0.573 e. The minimum atomic E-state index is -4.61. The Kier molecular flexibility index (Phi) is 3.03. The molecule has 78 valence electrons. The zero-order valence-corrected chi connectivity index (χ0v) is 7.98. The van der Waals surface area contributed by atoms with E-state index >= 15 is 0 Å². The van der Waals surface area contributed by atoms with Crippen molar-refractivity contribution < 1.29 is 17.9 Å². The summed E-state index contributed by atoms with van der Waals surface area (Å²) in [6.07, 6.45) is -3.92. The number of hydrogen-bond donors (Lipinski definition) is 0. The second kappa shape index (κ2) is 3.90. The van der Waals surface area contributed by atoms with Gasteiger partial charge in [-0.1, -0.05) is 13.0 Å². The Hall–Kier alpha value is -1.19. The first kappa shape index (κ1) is 10.9. The molecule has 0 amide bonds. The Bertz CT molecular complexity index is 318. The average molecular weight is 204 g/mol. The van der Waals surface area contributed by atoms with Crippen molar-refractivity contribution >= 4 is 0 Å². The molecule has 0 atom stereocenters. The minimum Gasteiger partial charge on any atom is -0.406 e. The van der Waals surface area contributed by atoms with Gasteiger partial charge in [-0.2, -0.15) is 0 Å². The highest BCUT2D eigenvalue weighted by Crippen LogP contribution is 2.24. The van der Waals surface area contributed by atoms with Gasteiger partial charge < -0.3 is 4.74 Å². The molecule has 0 aliphatic heterocycles. The third-order valence-corrected chi connectivity index (χ3v) is 1.94. The van der Waals surface area contributed by atoms with E-state index in [2.05, 4.69) is 4.74 Å². The van der Waals surface area contributed by atoms with Crippen LogP contribution in [0.25, 0.3) is 0 Å². The maximum Gasteiger partial charge on any atom is 0.573 e. The topological polar surface area (TPSA) is 9.23 Å². The summed E-state index contributed by atoms with van der Waals surface area (Å²) in [5, 5.41) is 0. The van der Waals surface area contributed by atoms with Crippen molar-refractivity contribution in [3.8, 4) is 5.75 Å². The second-order valence-electron chi connectivity index (χ2n) is 2.99. The molecule has 0 bridgehead atoms. The molecule has 0 aromatic heterocycles. The molecule has 0 spiro atoms. The molecule has 0 saturated carbocycles. The fourth-order valence-electron chi connectivity index (χ4n) is 1.23. The van der Waals surface area contributed by atoms with E-state index in [1.807, 2.05) is 13.8 Å². The van der Waals surface area contributed by atoms with Gasteiger partial charge >= 0.3 is 6.36 Å². The number of aryl methyl sites for hydroxylation is 2. The number of rotatable bonds is 2. The van der Waals surface area contributed by atoms with Crippen LogP contribution in [0.2, 0.25) is 0 Å². The van der Waals surface area contributed by atoms with Crippen molar-refractivity contribution in [1.82, 2.24) is 0 Å². The maximum atomic E-state index is 11.9. The Morgan fingerprint density at radius 2 is 1.93 bits per heavy atom. The van der Waals surface area contributed by atoms with Gasteiger partial charge in [-0.25, -0.2) is 0 Å². The molecule has 0 unspecified atom stereocenters. The maximum absolute atomic E-state index is 11.9. The third-order valence-electron chi connectivity index (χ3n) is 1.94. The standard InChI is InChI=1S/C10H11F3O/c1-3-8-6-9(5-4-7(8)2)14-10(11,12)13/h4-6H,3H2,1-2H3. The summed E-state index contributed by atoms with van der Waals surface area (Å²) in [7, 11) is 0. The predicted molar refractivity (Wildman–Crippen MR) is 47.2 cm³/mol.